The van der Waals surface area contributed by atoms with E-state index in [0.29, 0.717) is 31.7 Å². The molecule has 0 radical (unpaired) electrons. The van der Waals surface area contributed by atoms with Crippen LogP contribution in [0, 0.1) is 29.4 Å². The van der Waals surface area contributed by atoms with E-state index in [1.54, 1.807) is 12.4 Å². The molecule has 0 saturated carbocycles. The van der Waals surface area contributed by atoms with Gasteiger partial charge in [0, 0.05) is 73.5 Å². The van der Waals surface area contributed by atoms with Crippen LogP contribution in [0.4, 0.5) is 8.78 Å². The first-order valence-corrected chi connectivity index (χ1v) is 12.0. The quantitative estimate of drug-likeness (QED) is 0.730. The van der Waals surface area contributed by atoms with Crippen molar-refractivity contribution >= 4 is 5.91 Å². The minimum absolute atomic E-state index is 0.0348. The van der Waals surface area contributed by atoms with Gasteiger partial charge < -0.3 is 10.0 Å². The molecule has 1 amide bonds. The number of benzene rings is 1. The number of aromatic nitrogens is 1. The second-order valence-electron chi connectivity index (χ2n) is 11.1. The molecule has 1 unspecified atom stereocenters. The van der Waals surface area contributed by atoms with E-state index in [1.165, 1.54) is 12.1 Å². The monoisotopic (exact) mass is 471 g/mol. The highest BCUT2D eigenvalue weighted by Crippen LogP contribution is 2.43. The molecule has 1 aromatic heterocycles. The molecule has 184 valence electrons. The number of hydrogen-bond donors (Lipinski definition) is 1. The zero-order valence-electron chi connectivity index (χ0n) is 20.6. The summed E-state index contributed by atoms with van der Waals surface area (Å²) < 4.78 is 28.4. The molecule has 1 N–H and O–H groups in total. The second-order valence-corrected chi connectivity index (χ2v) is 11.1. The number of likely N-dealkylation sites (tertiary alicyclic amines) is 2. The number of nitrogens with zero attached hydrogens (tertiary/aromatic N) is 3. The molecule has 3 heterocycles. The first kappa shape index (κ1) is 24.7. The fourth-order valence-electron chi connectivity index (χ4n) is 5.80. The lowest BCUT2D eigenvalue weighted by atomic mass is 9.71. The van der Waals surface area contributed by atoms with E-state index in [2.05, 4.69) is 30.7 Å². The number of aliphatic hydroxyl groups is 1. The largest absolute Gasteiger partial charge is 0.384 e. The summed E-state index contributed by atoms with van der Waals surface area (Å²) in [5.41, 5.74) is -0.127. The minimum atomic E-state index is -1.08. The Hall–Kier alpha value is -2.38. The van der Waals surface area contributed by atoms with Gasteiger partial charge in [-0.15, -0.1) is 0 Å². The summed E-state index contributed by atoms with van der Waals surface area (Å²) in [5, 5.41) is 11.6. The van der Waals surface area contributed by atoms with E-state index < -0.39 is 23.2 Å². The van der Waals surface area contributed by atoms with Gasteiger partial charge >= 0.3 is 0 Å². The number of pyridine rings is 1. The van der Waals surface area contributed by atoms with Crippen LogP contribution in [-0.4, -0.2) is 57.5 Å². The molecule has 34 heavy (non-hydrogen) atoms. The van der Waals surface area contributed by atoms with Crippen molar-refractivity contribution in [1.29, 1.82) is 0 Å². The van der Waals surface area contributed by atoms with E-state index in [1.807, 2.05) is 30.9 Å². The maximum absolute atomic E-state index is 14.8. The van der Waals surface area contributed by atoms with Gasteiger partial charge in [0.05, 0.1) is 11.5 Å². The molecule has 4 rings (SSSR count). The number of halogens is 2. The van der Waals surface area contributed by atoms with Crippen molar-refractivity contribution in [1.82, 2.24) is 14.8 Å². The number of piperidine rings is 1. The van der Waals surface area contributed by atoms with Crippen molar-refractivity contribution in [3.8, 4) is 0 Å². The van der Waals surface area contributed by atoms with Gasteiger partial charge in [-0.25, -0.2) is 8.78 Å². The normalized spacial score (nSPS) is 30.5. The fraction of sp³-hybridized carbons (Fsp3) is 0.556. The summed E-state index contributed by atoms with van der Waals surface area (Å²) in [6.45, 7) is 12.0. The molecule has 2 aliphatic rings. The first-order chi connectivity index (χ1) is 15.9. The van der Waals surface area contributed by atoms with Crippen LogP contribution in [0.2, 0.25) is 0 Å². The van der Waals surface area contributed by atoms with Gasteiger partial charge in [-0.1, -0.05) is 26.0 Å². The molecule has 0 bridgehead atoms. The van der Waals surface area contributed by atoms with Crippen LogP contribution in [-0.2, 0) is 10.4 Å². The van der Waals surface area contributed by atoms with E-state index >= 15 is 0 Å². The van der Waals surface area contributed by atoms with Crippen LogP contribution in [0.3, 0.4) is 0 Å². The Labute approximate surface area is 200 Å². The summed E-state index contributed by atoms with van der Waals surface area (Å²) in [4.78, 5) is 22.1. The smallest absolute Gasteiger partial charge is 0.227 e. The standard InChI is InChI=1S/C27H35F2N3O2/c1-17-13-31(14-18(2)27(17,34)19-7-6-10-30-12-19)25(33)23-16-32(26(3,4)5)15-22(23)21-9-8-20(28)11-24(21)29/h6-12,17-18,22-23,34H,13-16H2,1-5H3/t17-,18+,22-,23+,27?/m0/s1. The lowest BCUT2D eigenvalue weighted by Crippen LogP contribution is -2.57. The molecule has 7 heteroatoms. The van der Waals surface area contributed by atoms with E-state index in [-0.39, 0.29) is 29.2 Å². The SMILES string of the molecule is C[C@@H]1CN(C(=O)[C@@H]2CN(C(C)(C)C)C[C@H]2c2ccc(F)cc2F)C[C@H](C)C1(O)c1cccnc1. The molecule has 2 aromatic rings. The maximum atomic E-state index is 14.8. The van der Waals surface area contributed by atoms with Crippen molar-refractivity contribution in [2.24, 2.45) is 17.8 Å². The van der Waals surface area contributed by atoms with Gasteiger partial charge in [0.1, 0.15) is 11.6 Å². The average Bonchev–Trinajstić information content (AvgIpc) is 3.23. The van der Waals surface area contributed by atoms with Gasteiger partial charge in [0.15, 0.2) is 0 Å². The van der Waals surface area contributed by atoms with Crippen LogP contribution in [0.5, 0.6) is 0 Å². The summed E-state index contributed by atoms with van der Waals surface area (Å²) in [5.74, 6) is -2.48. The first-order valence-electron chi connectivity index (χ1n) is 12.0. The highest BCUT2D eigenvalue weighted by Gasteiger charge is 2.50. The maximum Gasteiger partial charge on any atom is 0.227 e. The summed E-state index contributed by atoms with van der Waals surface area (Å²) >= 11 is 0. The second kappa shape index (κ2) is 9.00. The lowest BCUT2D eigenvalue weighted by Gasteiger charge is -2.48. The van der Waals surface area contributed by atoms with Crippen LogP contribution in [0.15, 0.2) is 42.7 Å². The molecule has 2 saturated heterocycles. The summed E-state index contributed by atoms with van der Waals surface area (Å²) in [6.07, 6.45) is 3.37. The minimum Gasteiger partial charge on any atom is -0.384 e. The third-order valence-electron chi connectivity index (χ3n) is 7.87. The third-order valence-corrected chi connectivity index (χ3v) is 7.87. The van der Waals surface area contributed by atoms with Crippen molar-refractivity contribution in [2.75, 3.05) is 26.2 Å². The molecular formula is C27H35F2N3O2. The van der Waals surface area contributed by atoms with Crippen LogP contribution < -0.4 is 0 Å². The van der Waals surface area contributed by atoms with Gasteiger partial charge in [-0.2, -0.15) is 0 Å². The molecule has 1 aromatic carbocycles. The van der Waals surface area contributed by atoms with Gasteiger partial charge in [-0.05, 0) is 38.5 Å². The van der Waals surface area contributed by atoms with Crippen molar-refractivity contribution in [3.05, 3.63) is 65.5 Å². The zero-order valence-corrected chi connectivity index (χ0v) is 20.6. The Morgan fingerprint density at radius 3 is 2.32 bits per heavy atom. The molecule has 0 spiro atoms. The molecule has 5 nitrogen and oxygen atoms in total. The summed E-state index contributed by atoms with van der Waals surface area (Å²) in [7, 11) is 0. The Kier molecular flexibility index (Phi) is 6.55. The fourth-order valence-corrected chi connectivity index (χ4v) is 5.80. The highest BCUT2D eigenvalue weighted by molar-refractivity contribution is 5.81. The topological polar surface area (TPSA) is 56.7 Å². The van der Waals surface area contributed by atoms with Crippen LogP contribution in [0.1, 0.15) is 51.7 Å². The highest BCUT2D eigenvalue weighted by atomic mass is 19.1. The molecule has 5 atom stereocenters. The Morgan fingerprint density at radius 1 is 1.09 bits per heavy atom. The average molecular weight is 472 g/mol. The van der Waals surface area contributed by atoms with E-state index in [4.69, 9.17) is 0 Å². The zero-order chi connectivity index (χ0) is 24.8. The third kappa shape index (κ3) is 4.36. The molecular weight excluding hydrogens is 436 g/mol. The van der Waals surface area contributed by atoms with Crippen LogP contribution >= 0.6 is 0 Å². The van der Waals surface area contributed by atoms with Crippen molar-refractivity contribution < 1.29 is 18.7 Å². The molecule has 2 fully saturated rings. The predicted octanol–water partition coefficient (Wildman–Crippen LogP) is 4.18. The number of rotatable bonds is 3. The van der Waals surface area contributed by atoms with Crippen LogP contribution in [0.25, 0.3) is 0 Å². The van der Waals surface area contributed by atoms with Gasteiger partial charge in [-0.3, -0.25) is 14.7 Å². The van der Waals surface area contributed by atoms with E-state index in [0.717, 1.165) is 11.6 Å². The number of carbonyl (C=O) groups is 1. The van der Waals surface area contributed by atoms with Crippen molar-refractivity contribution in [2.45, 2.75) is 51.7 Å². The Balaban J connectivity index is 1.61. The summed E-state index contributed by atoms with van der Waals surface area (Å²) in [6, 6.07) is 7.33. The number of carbonyl (C=O) groups excluding carboxylic acids is 1. The van der Waals surface area contributed by atoms with E-state index in [9.17, 15) is 18.7 Å². The number of amides is 1. The number of hydrogen-bond acceptors (Lipinski definition) is 4. The predicted molar refractivity (Wildman–Crippen MR) is 127 cm³/mol. The van der Waals surface area contributed by atoms with Gasteiger partial charge in [0.2, 0.25) is 5.91 Å². The Bertz CT molecular complexity index is 1030. The van der Waals surface area contributed by atoms with Gasteiger partial charge in [0.25, 0.3) is 0 Å². The van der Waals surface area contributed by atoms with Crippen molar-refractivity contribution in [3.63, 3.8) is 0 Å². The molecule has 2 aliphatic heterocycles. The molecule has 0 aliphatic carbocycles. The lowest BCUT2D eigenvalue weighted by molar-refractivity contribution is -0.152. The Morgan fingerprint density at radius 2 is 1.76 bits per heavy atom.